The number of amides is 2. The van der Waals surface area contributed by atoms with Gasteiger partial charge >= 0.3 is 6.03 Å². The number of urea groups is 1. The van der Waals surface area contributed by atoms with Crippen molar-refractivity contribution in [3.8, 4) is 5.75 Å². The van der Waals surface area contributed by atoms with Crippen LogP contribution in [0.2, 0.25) is 0 Å². The third kappa shape index (κ3) is 3.42. The van der Waals surface area contributed by atoms with Crippen LogP contribution >= 0.6 is 11.3 Å². The molecule has 0 radical (unpaired) electrons. The summed E-state index contributed by atoms with van der Waals surface area (Å²) in [6.07, 6.45) is 1.04. The quantitative estimate of drug-likeness (QED) is 0.920. The van der Waals surface area contributed by atoms with Crippen molar-refractivity contribution in [3.63, 3.8) is 0 Å². The number of nitrogens with zero attached hydrogens (tertiary/aromatic N) is 1. The van der Waals surface area contributed by atoms with Crippen LogP contribution in [0.4, 0.5) is 10.5 Å². The Morgan fingerprint density at radius 1 is 1.36 bits per heavy atom. The van der Waals surface area contributed by atoms with E-state index in [9.17, 15) is 4.79 Å². The number of hydrogen-bond acceptors (Lipinski definition) is 3. The molecule has 1 aromatic carbocycles. The van der Waals surface area contributed by atoms with Gasteiger partial charge in [-0.05, 0) is 60.0 Å². The average molecular weight is 316 g/mol. The molecule has 1 saturated heterocycles. The smallest absolute Gasteiger partial charge is 0.321 e. The van der Waals surface area contributed by atoms with Gasteiger partial charge in [0.05, 0.1) is 6.61 Å². The van der Waals surface area contributed by atoms with Crippen LogP contribution in [0.15, 0.2) is 41.1 Å². The van der Waals surface area contributed by atoms with Crippen LogP contribution in [0, 0.1) is 0 Å². The summed E-state index contributed by atoms with van der Waals surface area (Å²) < 4.78 is 5.40. The van der Waals surface area contributed by atoms with Gasteiger partial charge in [-0.1, -0.05) is 0 Å². The fourth-order valence-electron chi connectivity index (χ4n) is 2.73. The summed E-state index contributed by atoms with van der Waals surface area (Å²) in [7, 11) is 0. The fraction of sp³-hybridized carbons (Fsp3) is 0.353. The second-order valence-electron chi connectivity index (χ2n) is 5.38. The molecule has 1 N–H and O–H groups in total. The molecule has 1 atom stereocenters. The Hall–Kier alpha value is -2.01. The van der Waals surface area contributed by atoms with Gasteiger partial charge in [0, 0.05) is 24.7 Å². The SMILES string of the molecule is CCOc1ccc(NC(=O)N2CCC(c3ccsc3)C2)cc1. The third-order valence-electron chi connectivity index (χ3n) is 3.91. The third-order valence-corrected chi connectivity index (χ3v) is 4.61. The summed E-state index contributed by atoms with van der Waals surface area (Å²) in [5.41, 5.74) is 2.15. The fourth-order valence-corrected chi connectivity index (χ4v) is 3.47. The largest absolute Gasteiger partial charge is 0.494 e. The monoisotopic (exact) mass is 316 g/mol. The van der Waals surface area contributed by atoms with Crippen LogP contribution in [-0.4, -0.2) is 30.6 Å². The predicted octanol–water partition coefficient (Wildman–Crippen LogP) is 4.17. The molecule has 116 valence electrons. The van der Waals surface area contributed by atoms with E-state index in [1.807, 2.05) is 36.1 Å². The molecule has 1 unspecified atom stereocenters. The highest BCUT2D eigenvalue weighted by Crippen LogP contribution is 2.29. The summed E-state index contributed by atoms with van der Waals surface area (Å²) in [5.74, 6) is 1.29. The molecule has 3 rings (SSSR count). The highest BCUT2D eigenvalue weighted by Gasteiger charge is 2.27. The van der Waals surface area contributed by atoms with E-state index in [1.54, 1.807) is 11.3 Å². The van der Waals surface area contributed by atoms with E-state index in [1.165, 1.54) is 5.56 Å². The van der Waals surface area contributed by atoms with Gasteiger partial charge in [-0.3, -0.25) is 0 Å². The second-order valence-corrected chi connectivity index (χ2v) is 6.16. The maximum absolute atomic E-state index is 12.3. The number of nitrogens with one attached hydrogen (secondary N) is 1. The maximum atomic E-state index is 12.3. The van der Waals surface area contributed by atoms with Gasteiger partial charge in [0.1, 0.15) is 5.75 Å². The Morgan fingerprint density at radius 2 is 2.18 bits per heavy atom. The number of anilines is 1. The molecular formula is C17H20N2O2S. The first-order chi connectivity index (χ1) is 10.8. The molecule has 1 aliphatic heterocycles. The minimum Gasteiger partial charge on any atom is -0.494 e. The van der Waals surface area contributed by atoms with E-state index in [-0.39, 0.29) is 6.03 Å². The van der Waals surface area contributed by atoms with Gasteiger partial charge in [-0.25, -0.2) is 4.79 Å². The van der Waals surface area contributed by atoms with E-state index in [0.29, 0.717) is 12.5 Å². The summed E-state index contributed by atoms with van der Waals surface area (Å²) >= 11 is 1.71. The molecule has 2 heterocycles. The van der Waals surface area contributed by atoms with Crippen molar-refractivity contribution in [2.24, 2.45) is 0 Å². The predicted molar refractivity (Wildman–Crippen MR) is 89.9 cm³/mol. The van der Waals surface area contributed by atoms with Crippen molar-refractivity contribution in [2.75, 3.05) is 25.0 Å². The van der Waals surface area contributed by atoms with E-state index < -0.39 is 0 Å². The highest BCUT2D eigenvalue weighted by atomic mass is 32.1. The molecule has 0 saturated carbocycles. The van der Waals surface area contributed by atoms with Crippen molar-refractivity contribution in [1.82, 2.24) is 4.90 Å². The van der Waals surface area contributed by atoms with Gasteiger partial charge in [0.2, 0.25) is 0 Å². The van der Waals surface area contributed by atoms with Crippen LogP contribution in [0.5, 0.6) is 5.75 Å². The van der Waals surface area contributed by atoms with Gasteiger partial charge in [0.15, 0.2) is 0 Å². The maximum Gasteiger partial charge on any atom is 0.321 e. The molecule has 1 fully saturated rings. The molecule has 1 aromatic heterocycles. The molecule has 1 aliphatic rings. The molecule has 2 aromatic rings. The Balaban J connectivity index is 1.56. The van der Waals surface area contributed by atoms with Crippen LogP contribution in [0.1, 0.15) is 24.8 Å². The van der Waals surface area contributed by atoms with Crippen LogP contribution in [0.3, 0.4) is 0 Å². The Bertz CT molecular complexity index is 610. The second kappa shape index (κ2) is 6.83. The lowest BCUT2D eigenvalue weighted by Gasteiger charge is -2.17. The number of benzene rings is 1. The zero-order valence-electron chi connectivity index (χ0n) is 12.6. The topological polar surface area (TPSA) is 41.6 Å². The van der Waals surface area contributed by atoms with Crippen molar-refractivity contribution >= 4 is 23.1 Å². The van der Waals surface area contributed by atoms with E-state index in [4.69, 9.17) is 4.74 Å². The van der Waals surface area contributed by atoms with Crippen molar-refractivity contribution in [2.45, 2.75) is 19.3 Å². The molecule has 0 spiro atoms. The van der Waals surface area contributed by atoms with E-state index in [0.717, 1.165) is 30.9 Å². The van der Waals surface area contributed by atoms with Crippen LogP contribution < -0.4 is 10.1 Å². The Kier molecular flexibility index (Phi) is 4.63. The van der Waals surface area contributed by atoms with Crippen molar-refractivity contribution in [1.29, 1.82) is 0 Å². The van der Waals surface area contributed by atoms with Gasteiger partial charge in [0.25, 0.3) is 0 Å². The lowest BCUT2D eigenvalue weighted by molar-refractivity contribution is 0.222. The van der Waals surface area contributed by atoms with Gasteiger partial charge in [-0.15, -0.1) is 0 Å². The summed E-state index contributed by atoms with van der Waals surface area (Å²) in [5, 5.41) is 7.23. The number of carbonyl (C=O) groups excluding carboxylic acids is 1. The first kappa shape index (κ1) is 14.9. The first-order valence-electron chi connectivity index (χ1n) is 7.57. The van der Waals surface area contributed by atoms with Crippen LogP contribution in [-0.2, 0) is 0 Å². The van der Waals surface area contributed by atoms with Crippen LogP contribution in [0.25, 0.3) is 0 Å². The first-order valence-corrected chi connectivity index (χ1v) is 8.51. The number of hydrogen-bond donors (Lipinski definition) is 1. The average Bonchev–Trinajstić information content (AvgIpc) is 3.20. The van der Waals surface area contributed by atoms with E-state index >= 15 is 0 Å². The standard InChI is InChI=1S/C17H20N2O2S/c1-2-21-16-5-3-15(4-6-16)18-17(20)19-9-7-13(11-19)14-8-10-22-12-14/h3-6,8,10,12-13H,2,7,9,11H2,1H3,(H,18,20). The number of thiophene rings is 1. The zero-order chi connectivity index (χ0) is 15.4. The summed E-state index contributed by atoms with van der Waals surface area (Å²) in [6, 6.07) is 9.62. The highest BCUT2D eigenvalue weighted by molar-refractivity contribution is 7.07. The van der Waals surface area contributed by atoms with Gasteiger partial charge in [-0.2, -0.15) is 11.3 Å². The molecular weight excluding hydrogens is 296 g/mol. The van der Waals surface area contributed by atoms with Crippen molar-refractivity contribution in [3.05, 3.63) is 46.7 Å². The minimum absolute atomic E-state index is 0.0260. The molecule has 2 amide bonds. The number of rotatable bonds is 4. The zero-order valence-corrected chi connectivity index (χ0v) is 13.4. The Morgan fingerprint density at radius 3 is 2.86 bits per heavy atom. The number of likely N-dealkylation sites (tertiary alicyclic amines) is 1. The molecule has 0 bridgehead atoms. The molecule has 4 nitrogen and oxygen atoms in total. The summed E-state index contributed by atoms with van der Waals surface area (Å²) in [6.45, 7) is 4.19. The molecule has 22 heavy (non-hydrogen) atoms. The Labute approximate surface area is 134 Å². The molecule has 0 aliphatic carbocycles. The normalized spacial score (nSPS) is 17.5. The van der Waals surface area contributed by atoms with E-state index in [2.05, 4.69) is 22.1 Å². The summed E-state index contributed by atoms with van der Waals surface area (Å²) in [4.78, 5) is 14.2. The lowest BCUT2D eigenvalue weighted by atomic mass is 10.0. The number of ether oxygens (including phenoxy) is 1. The molecule has 5 heteroatoms. The van der Waals surface area contributed by atoms with Gasteiger partial charge < -0.3 is 15.0 Å². The minimum atomic E-state index is -0.0260. The lowest BCUT2D eigenvalue weighted by Crippen LogP contribution is -2.32. The van der Waals surface area contributed by atoms with Crippen molar-refractivity contribution < 1.29 is 9.53 Å². The number of carbonyl (C=O) groups is 1.